The van der Waals surface area contributed by atoms with Gasteiger partial charge in [-0.15, -0.1) is 0 Å². The van der Waals surface area contributed by atoms with Gasteiger partial charge in [-0.3, -0.25) is 4.98 Å². The summed E-state index contributed by atoms with van der Waals surface area (Å²) in [7, 11) is 0. The van der Waals surface area contributed by atoms with Gasteiger partial charge in [0.1, 0.15) is 0 Å². The normalized spacial score (nSPS) is 10.8. The summed E-state index contributed by atoms with van der Waals surface area (Å²) in [6.45, 7) is 2.70. The highest BCUT2D eigenvalue weighted by Crippen LogP contribution is 2.19. The van der Waals surface area contributed by atoms with Crippen LogP contribution >= 0.6 is 0 Å². The van der Waals surface area contributed by atoms with Gasteiger partial charge in [0.25, 0.3) is 0 Å². The van der Waals surface area contributed by atoms with Crippen molar-refractivity contribution < 1.29 is 0 Å². The van der Waals surface area contributed by atoms with Gasteiger partial charge < -0.3 is 5.73 Å². The molecule has 2 heteroatoms. The van der Waals surface area contributed by atoms with Crippen LogP contribution in [-0.4, -0.2) is 4.98 Å². The van der Waals surface area contributed by atoms with E-state index < -0.39 is 0 Å². The van der Waals surface area contributed by atoms with Crippen LogP contribution in [0.15, 0.2) is 30.5 Å². The van der Waals surface area contributed by atoms with Crippen molar-refractivity contribution in [3.63, 3.8) is 0 Å². The number of nitrogens with zero attached hydrogens (tertiary/aromatic N) is 1. The Morgan fingerprint density at radius 1 is 1.27 bits per heavy atom. The molecule has 0 bridgehead atoms. The second-order valence-electron chi connectivity index (χ2n) is 3.77. The van der Waals surface area contributed by atoms with Crippen LogP contribution in [0.3, 0.4) is 0 Å². The molecule has 0 amide bonds. The molecule has 0 atom stereocenters. The molecular weight excluding hydrogens is 184 g/mol. The van der Waals surface area contributed by atoms with E-state index in [2.05, 4.69) is 30.1 Å². The largest absolute Gasteiger partial charge is 0.325 e. The summed E-state index contributed by atoms with van der Waals surface area (Å²) >= 11 is 0. The molecule has 0 fully saturated rings. The fourth-order valence-corrected chi connectivity index (χ4v) is 1.88. The fourth-order valence-electron chi connectivity index (χ4n) is 1.88. The molecule has 2 rings (SSSR count). The smallest absolute Gasteiger partial charge is 0.0617 e. The third kappa shape index (κ3) is 2.00. The van der Waals surface area contributed by atoms with Crippen LogP contribution in [0.4, 0.5) is 0 Å². The SMILES string of the molecule is CCCc1ccc2ccnc(CN)c2c1. The molecule has 0 radical (unpaired) electrons. The number of hydrogen-bond donors (Lipinski definition) is 1. The van der Waals surface area contributed by atoms with Gasteiger partial charge in [-0.05, 0) is 29.5 Å². The minimum atomic E-state index is 0.507. The molecule has 0 aliphatic rings. The van der Waals surface area contributed by atoms with Crippen LogP contribution in [0.25, 0.3) is 10.8 Å². The Morgan fingerprint density at radius 2 is 2.13 bits per heavy atom. The van der Waals surface area contributed by atoms with E-state index in [1.54, 1.807) is 0 Å². The van der Waals surface area contributed by atoms with Crippen LogP contribution in [0, 0.1) is 0 Å². The van der Waals surface area contributed by atoms with Crippen molar-refractivity contribution in [2.45, 2.75) is 26.3 Å². The number of aryl methyl sites for hydroxylation is 1. The number of aromatic nitrogens is 1. The van der Waals surface area contributed by atoms with Crippen molar-refractivity contribution in [3.8, 4) is 0 Å². The molecule has 78 valence electrons. The van der Waals surface area contributed by atoms with E-state index in [4.69, 9.17) is 5.73 Å². The van der Waals surface area contributed by atoms with Crippen LogP contribution in [0.1, 0.15) is 24.6 Å². The summed E-state index contributed by atoms with van der Waals surface area (Å²) in [5, 5.41) is 2.43. The van der Waals surface area contributed by atoms with Gasteiger partial charge in [0, 0.05) is 18.1 Å². The molecule has 2 aromatic rings. The predicted octanol–water partition coefficient (Wildman–Crippen LogP) is 2.65. The van der Waals surface area contributed by atoms with E-state index in [1.807, 2.05) is 12.3 Å². The number of hydrogen-bond acceptors (Lipinski definition) is 2. The third-order valence-electron chi connectivity index (χ3n) is 2.65. The zero-order valence-corrected chi connectivity index (χ0v) is 9.03. The first-order chi connectivity index (χ1) is 7.35. The summed E-state index contributed by atoms with van der Waals surface area (Å²) in [4.78, 5) is 4.30. The molecule has 2 N–H and O–H groups in total. The molecule has 2 nitrogen and oxygen atoms in total. The summed E-state index contributed by atoms with van der Waals surface area (Å²) in [6, 6.07) is 8.59. The summed E-state index contributed by atoms with van der Waals surface area (Å²) < 4.78 is 0. The molecule has 1 aromatic carbocycles. The molecule has 1 heterocycles. The topological polar surface area (TPSA) is 38.9 Å². The zero-order valence-electron chi connectivity index (χ0n) is 9.03. The lowest BCUT2D eigenvalue weighted by atomic mass is 10.0. The second-order valence-corrected chi connectivity index (χ2v) is 3.77. The Bertz CT molecular complexity index is 463. The Kier molecular flexibility index (Phi) is 2.97. The standard InChI is InChI=1S/C13H16N2/c1-2-3-10-4-5-11-6-7-15-13(9-14)12(11)8-10/h4-8H,2-3,9,14H2,1H3. The van der Waals surface area contributed by atoms with Crippen molar-refractivity contribution in [1.29, 1.82) is 0 Å². The Hall–Kier alpha value is -1.41. The van der Waals surface area contributed by atoms with Crippen LogP contribution in [0.5, 0.6) is 0 Å². The van der Waals surface area contributed by atoms with Crippen LogP contribution < -0.4 is 5.73 Å². The highest BCUT2D eigenvalue weighted by atomic mass is 14.7. The van der Waals surface area contributed by atoms with E-state index >= 15 is 0 Å². The number of nitrogens with two attached hydrogens (primary N) is 1. The third-order valence-corrected chi connectivity index (χ3v) is 2.65. The minimum absolute atomic E-state index is 0.507. The molecule has 0 aliphatic carbocycles. The first-order valence-electron chi connectivity index (χ1n) is 5.41. The van der Waals surface area contributed by atoms with Crippen LogP contribution in [0.2, 0.25) is 0 Å². The lowest BCUT2D eigenvalue weighted by molar-refractivity contribution is 0.922. The first kappa shape index (κ1) is 10.1. The maximum absolute atomic E-state index is 5.68. The summed E-state index contributed by atoms with van der Waals surface area (Å²) in [5.41, 5.74) is 8.04. The van der Waals surface area contributed by atoms with Crippen molar-refractivity contribution in [1.82, 2.24) is 4.98 Å². The van der Waals surface area contributed by atoms with Crippen LogP contribution in [-0.2, 0) is 13.0 Å². The zero-order chi connectivity index (χ0) is 10.7. The van der Waals surface area contributed by atoms with Gasteiger partial charge in [0.15, 0.2) is 0 Å². The molecule has 0 unspecified atom stereocenters. The van der Waals surface area contributed by atoms with Gasteiger partial charge in [0.2, 0.25) is 0 Å². The second kappa shape index (κ2) is 4.41. The van der Waals surface area contributed by atoms with Crippen molar-refractivity contribution in [2.24, 2.45) is 5.73 Å². The number of fused-ring (bicyclic) bond motifs is 1. The van der Waals surface area contributed by atoms with Gasteiger partial charge in [0.05, 0.1) is 5.69 Å². The molecule has 0 aliphatic heterocycles. The minimum Gasteiger partial charge on any atom is -0.325 e. The number of benzene rings is 1. The van der Waals surface area contributed by atoms with E-state index in [9.17, 15) is 0 Å². The monoisotopic (exact) mass is 200 g/mol. The lowest BCUT2D eigenvalue weighted by Gasteiger charge is -2.05. The van der Waals surface area contributed by atoms with Gasteiger partial charge in [-0.25, -0.2) is 0 Å². The Labute approximate surface area is 90.1 Å². The van der Waals surface area contributed by atoms with E-state index in [-0.39, 0.29) is 0 Å². The summed E-state index contributed by atoms with van der Waals surface area (Å²) in [5.74, 6) is 0. The Balaban J connectivity index is 2.57. The highest BCUT2D eigenvalue weighted by molar-refractivity contribution is 5.85. The lowest BCUT2D eigenvalue weighted by Crippen LogP contribution is -2.00. The van der Waals surface area contributed by atoms with Gasteiger partial charge >= 0.3 is 0 Å². The predicted molar refractivity (Wildman–Crippen MR) is 63.6 cm³/mol. The Morgan fingerprint density at radius 3 is 2.87 bits per heavy atom. The number of rotatable bonds is 3. The van der Waals surface area contributed by atoms with E-state index in [0.717, 1.165) is 12.1 Å². The summed E-state index contributed by atoms with van der Waals surface area (Å²) in [6.07, 6.45) is 4.11. The molecular formula is C13H16N2. The van der Waals surface area contributed by atoms with Gasteiger partial charge in [-0.1, -0.05) is 25.5 Å². The average Bonchev–Trinajstić information content (AvgIpc) is 2.28. The first-order valence-corrected chi connectivity index (χ1v) is 5.41. The average molecular weight is 200 g/mol. The van der Waals surface area contributed by atoms with E-state index in [0.29, 0.717) is 6.54 Å². The van der Waals surface area contributed by atoms with Crippen molar-refractivity contribution in [3.05, 3.63) is 41.7 Å². The molecule has 0 spiro atoms. The maximum Gasteiger partial charge on any atom is 0.0617 e. The van der Waals surface area contributed by atoms with Crippen molar-refractivity contribution >= 4 is 10.8 Å². The van der Waals surface area contributed by atoms with E-state index in [1.165, 1.54) is 22.8 Å². The maximum atomic E-state index is 5.68. The fraction of sp³-hybridized carbons (Fsp3) is 0.308. The van der Waals surface area contributed by atoms with Gasteiger partial charge in [-0.2, -0.15) is 0 Å². The highest BCUT2D eigenvalue weighted by Gasteiger charge is 2.01. The molecule has 0 saturated heterocycles. The molecule has 0 saturated carbocycles. The molecule has 1 aromatic heterocycles. The molecule has 15 heavy (non-hydrogen) atoms. The quantitative estimate of drug-likeness (QED) is 0.827. The number of pyridine rings is 1. The van der Waals surface area contributed by atoms with Crippen molar-refractivity contribution in [2.75, 3.05) is 0 Å².